The van der Waals surface area contributed by atoms with Gasteiger partial charge < -0.3 is 5.11 Å². The number of carboxylic acid groups (broad SMARTS) is 1. The first-order valence-corrected chi connectivity index (χ1v) is 7.44. The lowest BCUT2D eigenvalue weighted by Crippen LogP contribution is -2.34. The molecule has 1 aromatic rings. The van der Waals surface area contributed by atoms with Gasteiger partial charge in [0.2, 0.25) is 10.0 Å². The third kappa shape index (κ3) is 3.52. The van der Waals surface area contributed by atoms with Crippen molar-refractivity contribution in [2.24, 2.45) is 0 Å². The highest BCUT2D eigenvalue weighted by molar-refractivity contribution is 7.94. The number of carboxylic acids is 1. The maximum atomic E-state index is 12.0. The Morgan fingerprint density at radius 3 is 2.21 bits per heavy atom. The zero-order chi connectivity index (χ0) is 15.0. The maximum Gasteiger partial charge on any atom is 0.337 e. The van der Waals surface area contributed by atoms with Crippen molar-refractivity contribution in [2.45, 2.75) is 25.5 Å². The van der Waals surface area contributed by atoms with E-state index in [1.54, 1.807) is 0 Å². The van der Waals surface area contributed by atoms with Crippen LogP contribution in [-0.2, 0) is 10.0 Å². The molecule has 0 bridgehead atoms. The van der Waals surface area contributed by atoms with Crippen LogP contribution in [0.5, 0.6) is 0 Å². The fraction of sp³-hybridized carbons (Fsp3) is 0.364. The second-order valence-electron chi connectivity index (χ2n) is 4.83. The number of nitrogens with one attached hydrogen (secondary N) is 1. The maximum absolute atomic E-state index is 12.0. The van der Waals surface area contributed by atoms with Crippen LogP contribution < -0.4 is 4.72 Å². The molecular weight excluding hydrogens is 313 g/mol. The number of benzene rings is 1. The van der Waals surface area contributed by atoms with Gasteiger partial charge in [0.25, 0.3) is 0 Å². The van der Waals surface area contributed by atoms with Crippen LogP contribution in [-0.4, -0.2) is 24.2 Å². The highest BCUT2D eigenvalue weighted by Crippen LogP contribution is 2.32. The molecule has 0 fully saturated rings. The number of anilines is 1. The normalized spacial score (nSPS) is 12.3. The van der Waals surface area contributed by atoms with E-state index >= 15 is 0 Å². The second-order valence-corrected chi connectivity index (χ2v) is 8.11. The SMILES string of the molecule is CC(C)(C)S(=O)(=O)Nc1c(Cl)cc(Cl)cc1C(=O)O. The second kappa shape index (κ2) is 5.19. The van der Waals surface area contributed by atoms with Gasteiger partial charge >= 0.3 is 5.97 Å². The predicted molar refractivity (Wildman–Crippen MR) is 75.7 cm³/mol. The Morgan fingerprint density at radius 1 is 1.26 bits per heavy atom. The van der Waals surface area contributed by atoms with Crippen molar-refractivity contribution in [3.05, 3.63) is 27.7 Å². The van der Waals surface area contributed by atoms with E-state index in [4.69, 9.17) is 28.3 Å². The topological polar surface area (TPSA) is 83.5 Å². The first-order valence-electron chi connectivity index (χ1n) is 5.20. The van der Waals surface area contributed by atoms with E-state index in [-0.39, 0.29) is 21.3 Å². The van der Waals surface area contributed by atoms with E-state index in [1.165, 1.54) is 26.8 Å². The molecule has 0 amide bonds. The molecule has 0 unspecified atom stereocenters. The van der Waals surface area contributed by atoms with Crippen molar-refractivity contribution in [3.8, 4) is 0 Å². The lowest BCUT2D eigenvalue weighted by atomic mass is 10.2. The summed E-state index contributed by atoms with van der Waals surface area (Å²) in [6.07, 6.45) is 0. The Bertz CT molecular complexity index is 620. The van der Waals surface area contributed by atoms with Gasteiger partial charge in [-0.15, -0.1) is 0 Å². The summed E-state index contributed by atoms with van der Waals surface area (Å²) in [6, 6.07) is 2.41. The average Bonchev–Trinajstić information content (AvgIpc) is 2.19. The van der Waals surface area contributed by atoms with Crippen molar-refractivity contribution in [1.29, 1.82) is 0 Å². The van der Waals surface area contributed by atoms with Crippen LogP contribution in [0.25, 0.3) is 0 Å². The highest BCUT2D eigenvalue weighted by atomic mass is 35.5. The minimum atomic E-state index is -3.78. The Labute approximate surface area is 121 Å². The van der Waals surface area contributed by atoms with Gasteiger partial charge in [0.15, 0.2) is 0 Å². The molecule has 0 aromatic heterocycles. The number of hydrogen-bond donors (Lipinski definition) is 2. The van der Waals surface area contributed by atoms with Crippen LogP contribution >= 0.6 is 23.2 Å². The van der Waals surface area contributed by atoms with Gasteiger partial charge in [-0.2, -0.15) is 0 Å². The third-order valence-corrected chi connectivity index (χ3v) is 4.93. The number of aromatic carboxylic acids is 1. The summed E-state index contributed by atoms with van der Waals surface area (Å²) in [6.45, 7) is 4.46. The Hall–Kier alpha value is -0.980. The molecule has 0 aliphatic carbocycles. The first-order chi connectivity index (χ1) is 8.45. The molecule has 8 heteroatoms. The molecule has 2 N–H and O–H groups in total. The summed E-state index contributed by atoms with van der Waals surface area (Å²) >= 11 is 11.6. The van der Waals surface area contributed by atoms with Crippen LogP contribution in [0.15, 0.2) is 12.1 Å². The van der Waals surface area contributed by atoms with Crippen molar-refractivity contribution >= 4 is 44.9 Å². The van der Waals surface area contributed by atoms with Crippen molar-refractivity contribution in [1.82, 2.24) is 0 Å². The largest absolute Gasteiger partial charge is 0.478 e. The summed E-state index contributed by atoms with van der Waals surface area (Å²) in [7, 11) is -3.78. The molecular formula is C11H13Cl2NO4S. The summed E-state index contributed by atoms with van der Waals surface area (Å²) in [4.78, 5) is 11.1. The quantitative estimate of drug-likeness (QED) is 0.893. The summed E-state index contributed by atoms with van der Waals surface area (Å²) in [5.74, 6) is -1.32. The molecule has 0 atom stereocenters. The fourth-order valence-electron chi connectivity index (χ4n) is 1.13. The van der Waals surface area contributed by atoms with Gasteiger partial charge in [-0.05, 0) is 32.9 Å². The summed E-state index contributed by atoms with van der Waals surface area (Å²) in [5, 5.41) is 9.10. The van der Waals surface area contributed by atoms with Gasteiger partial charge in [-0.3, -0.25) is 4.72 Å². The van der Waals surface area contributed by atoms with E-state index in [0.29, 0.717) is 0 Å². The van der Waals surface area contributed by atoms with Crippen molar-refractivity contribution in [3.63, 3.8) is 0 Å². The lowest BCUT2D eigenvalue weighted by Gasteiger charge is -2.22. The number of halogens is 2. The Kier molecular flexibility index (Phi) is 4.39. The fourth-order valence-corrected chi connectivity index (χ4v) is 2.52. The Balaban J connectivity index is 3.41. The smallest absolute Gasteiger partial charge is 0.337 e. The molecule has 106 valence electrons. The number of carbonyl (C=O) groups is 1. The zero-order valence-corrected chi connectivity index (χ0v) is 12.8. The molecule has 0 spiro atoms. The monoisotopic (exact) mass is 325 g/mol. The zero-order valence-electron chi connectivity index (χ0n) is 10.5. The Morgan fingerprint density at radius 2 is 1.79 bits per heavy atom. The molecule has 0 aliphatic heterocycles. The first kappa shape index (κ1) is 16.1. The van der Waals surface area contributed by atoms with Gasteiger partial charge in [-0.1, -0.05) is 23.2 Å². The number of sulfonamides is 1. The van der Waals surface area contributed by atoms with E-state index in [9.17, 15) is 13.2 Å². The highest BCUT2D eigenvalue weighted by Gasteiger charge is 2.31. The van der Waals surface area contributed by atoms with E-state index in [2.05, 4.69) is 4.72 Å². The van der Waals surface area contributed by atoms with Crippen molar-refractivity contribution in [2.75, 3.05) is 4.72 Å². The van der Waals surface area contributed by atoms with Crippen LogP contribution in [0.2, 0.25) is 10.0 Å². The summed E-state index contributed by atoms with van der Waals surface area (Å²) in [5.41, 5.74) is -0.487. The molecule has 0 radical (unpaired) electrons. The molecule has 0 saturated heterocycles. The van der Waals surface area contributed by atoms with Crippen LogP contribution in [0.3, 0.4) is 0 Å². The molecule has 19 heavy (non-hydrogen) atoms. The number of hydrogen-bond acceptors (Lipinski definition) is 3. The van der Waals surface area contributed by atoms with Gasteiger partial charge in [-0.25, -0.2) is 13.2 Å². The van der Waals surface area contributed by atoms with Crippen LogP contribution in [0.4, 0.5) is 5.69 Å². The van der Waals surface area contributed by atoms with E-state index in [1.807, 2.05) is 0 Å². The molecule has 0 aliphatic rings. The molecule has 1 rings (SSSR count). The van der Waals surface area contributed by atoms with E-state index < -0.39 is 20.7 Å². The standard InChI is InChI=1S/C11H13Cl2NO4S/c1-11(2,3)19(17,18)14-9-7(10(15)16)4-6(12)5-8(9)13/h4-5,14H,1-3H3,(H,15,16). The van der Waals surface area contributed by atoms with Crippen LogP contribution in [0.1, 0.15) is 31.1 Å². The predicted octanol–water partition coefficient (Wildman–Crippen LogP) is 3.23. The molecule has 0 saturated carbocycles. The van der Waals surface area contributed by atoms with Gasteiger partial charge in [0, 0.05) is 5.02 Å². The molecule has 1 aromatic carbocycles. The minimum absolute atomic E-state index is 0.0716. The van der Waals surface area contributed by atoms with E-state index in [0.717, 1.165) is 6.07 Å². The lowest BCUT2D eigenvalue weighted by molar-refractivity contribution is 0.0698. The minimum Gasteiger partial charge on any atom is -0.478 e. The summed E-state index contributed by atoms with van der Waals surface area (Å²) < 4.78 is 25.2. The van der Waals surface area contributed by atoms with Crippen molar-refractivity contribution < 1.29 is 18.3 Å². The van der Waals surface area contributed by atoms with Gasteiger partial charge in [0.1, 0.15) is 0 Å². The average molecular weight is 326 g/mol. The molecule has 5 nitrogen and oxygen atoms in total. The molecule has 0 heterocycles. The number of rotatable bonds is 3. The van der Waals surface area contributed by atoms with Gasteiger partial charge in [0.05, 0.1) is 21.0 Å². The van der Waals surface area contributed by atoms with Crippen LogP contribution in [0, 0.1) is 0 Å². The third-order valence-electron chi connectivity index (χ3n) is 2.33.